The van der Waals surface area contributed by atoms with Crippen molar-refractivity contribution >= 4 is 5.96 Å². The number of rotatable bonds is 4. The number of aliphatic imine (C=N–C) groups is 1. The highest BCUT2D eigenvalue weighted by Gasteiger charge is 2.66. The molecule has 130 valence electrons. The van der Waals surface area contributed by atoms with Crippen LogP contribution in [-0.2, 0) is 4.74 Å². The second-order valence-electron chi connectivity index (χ2n) is 8.44. The Morgan fingerprint density at radius 1 is 1.17 bits per heavy atom. The molecule has 0 bridgehead atoms. The van der Waals surface area contributed by atoms with Crippen molar-refractivity contribution < 1.29 is 4.74 Å². The zero-order valence-electron chi connectivity index (χ0n) is 14.9. The highest BCUT2D eigenvalue weighted by molar-refractivity contribution is 5.80. The summed E-state index contributed by atoms with van der Waals surface area (Å²) in [5, 5.41) is 7.46. The van der Waals surface area contributed by atoms with Gasteiger partial charge in [0.05, 0.1) is 6.10 Å². The largest absolute Gasteiger partial charge is 0.377 e. The molecule has 1 saturated heterocycles. The van der Waals surface area contributed by atoms with E-state index in [1.165, 1.54) is 57.8 Å². The molecule has 0 aromatic carbocycles. The molecule has 4 nitrogen and oxygen atoms in total. The molecule has 1 spiro atoms. The van der Waals surface area contributed by atoms with Gasteiger partial charge in [0.15, 0.2) is 5.96 Å². The van der Waals surface area contributed by atoms with Gasteiger partial charge >= 0.3 is 0 Å². The van der Waals surface area contributed by atoms with Crippen molar-refractivity contribution in [3.63, 3.8) is 0 Å². The van der Waals surface area contributed by atoms with E-state index in [9.17, 15) is 0 Å². The molecule has 3 unspecified atom stereocenters. The van der Waals surface area contributed by atoms with E-state index >= 15 is 0 Å². The standard InChI is InChI=1S/C19H33N3O/c1-3-18(8-4-5-9-18)13-21-17(20-2)22-15-14-7-12-23-16(14)19(15)10-6-11-19/h14-16H,3-13H2,1-2H3,(H2,20,21,22). The van der Waals surface area contributed by atoms with Gasteiger partial charge in [0.1, 0.15) is 0 Å². The summed E-state index contributed by atoms with van der Waals surface area (Å²) in [7, 11) is 1.91. The summed E-state index contributed by atoms with van der Waals surface area (Å²) < 4.78 is 6.03. The molecule has 2 N–H and O–H groups in total. The van der Waals surface area contributed by atoms with Gasteiger partial charge in [-0.1, -0.05) is 26.2 Å². The number of ether oxygens (including phenoxy) is 1. The Morgan fingerprint density at radius 3 is 2.57 bits per heavy atom. The molecule has 4 fully saturated rings. The molecule has 0 radical (unpaired) electrons. The average Bonchev–Trinajstić information content (AvgIpc) is 3.15. The van der Waals surface area contributed by atoms with Crippen LogP contribution in [0.2, 0.25) is 0 Å². The maximum absolute atomic E-state index is 6.03. The normalized spacial score (nSPS) is 37.1. The predicted octanol–water partition coefficient (Wildman–Crippen LogP) is 3.08. The molecule has 0 aromatic heterocycles. The van der Waals surface area contributed by atoms with Gasteiger partial charge < -0.3 is 15.4 Å². The summed E-state index contributed by atoms with van der Waals surface area (Å²) in [6.07, 6.45) is 12.6. The van der Waals surface area contributed by atoms with Gasteiger partial charge in [-0.05, 0) is 43.9 Å². The molecular weight excluding hydrogens is 286 g/mol. The van der Waals surface area contributed by atoms with Gasteiger partial charge in [-0.15, -0.1) is 0 Å². The van der Waals surface area contributed by atoms with Crippen LogP contribution in [0.25, 0.3) is 0 Å². The van der Waals surface area contributed by atoms with Gasteiger partial charge in [-0.25, -0.2) is 0 Å². The average molecular weight is 319 g/mol. The Hall–Kier alpha value is -0.770. The lowest BCUT2D eigenvalue weighted by atomic mass is 9.46. The lowest BCUT2D eigenvalue weighted by Gasteiger charge is -2.63. The van der Waals surface area contributed by atoms with Crippen molar-refractivity contribution in [1.29, 1.82) is 0 Å². The molecule has 4 rings (SSSR count). The van der Waals surface area contributed by atoms with E-state index in [0.29, 0.717) is 28.9 Å². The molecule has 0 aromatic rings. The maximum Gasteiger partial charge on any atom is 0.191 e. The monoisotopic (exact) mass is 319 g/mol. The van der Waals surface area contributed by atoms with E-state index in [2.05, 4.69) is 22.5 Å². The first-order chi connectivity index (χ1) is 11.2. The van der Waals surface area contributed by atoms with Crippen LogP contribution in [0.15, 0.2) is 4.99 Å². The summed E-state index contributed by atoms with van der Waals surface area (Å²) in [5.74, 6) is 1.73. The number of hydrogen-bond donors (Lipinski definition) is 2. The smallest absolute Gasteiger partial charge is 0.191 e. The molecule has 1 aliphatic heterocycles. The summed E-state index contributed by atoms with van der Waals surface area (Å²) >= 11 is 0. The first-order valence-electron chi connectivity index (χ1n) is 9.82. The highest BCUT2D eigenvalue weighted by atomic mass is 16.5. The molecule has 3 aliphatic carbocycles. The minimum Gasteiger partial charge on any atom is -0.377 e. The molecule has 4 heteroatoms. The van der Waals surface area contributed by atoms with Crippen LogP contribution < -0.4 is 10.6 Å². The van der Waals surface area contributed by atoms with Gasteiger partial charge in [0.25, 0.3) is 0 Å². The molecule has 3 saturated carbocycles. The first-order valence-corrected chi connectivity index (χ1v) is 9.82. The van der Waals surface area contributed by atoms with Gasteiger partial charge in [0.2, 0.25) is 0 Å². The van der Waals surface area contributed by atoms with Crippen molar-refractivity contribution in [2.45, 2.75) is 76.9 Å². The zero-order valence-corrected chi connectivity index (χ0v) is 14.9. The third-order valence-corrected chi connectivity index (χ3v) is 7.60. The summed E-state index contributed by atoms with van der Waals surface area (Å²) in [6.45, 7) is 4.38. The van der Waals surface area contributed by atoms with E-state index in [0.717, 1.165) is 19.1 Å². The fourth-order valence-corrected chi connectivity index (χ4v) is 5.85. The summed E-state index contributed by atoms with van der Waals surface area (Å²) in [4.78, 5) is 4.53. The molecular formula is C19H33N3O. The van der Waals surface area contributed by atoms with E-state index in [1.807, 2.05) is 7.05 Å². The highest BCUT2D eigenvalue weighted by Crippen LogP contribution is 2.62. The predicted molar refractivity (Wildman–Crippen MR) is 93.6 cm³/mol. The van der Waals surface area contributed by atoms with Crippen LogP contribution in [0.5, 0.6) is 0 Å². The molecule has 1 heterocycles. The maximum atomic E-state index is 6.03. The molecule has 3 atom stereocenters. The number of nitrogens with zero attached hydrogens (tertiary/aromatic N) is 1. The number of guanidine groups is 1. The van der Waals surface area contributed by atoms with Crippen molar-refractivity contribution in [2.75, 3.05) is 20.2 Å². The molecule has 0 amide bonds. The van der Waals surface area contributed by atoms with Crippen molar-refractivity contribution in [1.82, 2.24) is 10.6 Å². The van der Waals surface area contributed by atoms with E-state index in [1.54, 1.807) is 0 Å². The van der Waals surface area contributed by atoms with E-state index in [-0.39, 0.29) is 0 Å². The van der Waals surface area contributed by atoms with Crippen LogP contribution in [-0.4, -0.2) is 38.3 Å². The van der Waals surface area contributed by atoms with Crippen LogP contribution >= 0.6 is 0 Å². The molecule has 4 aliphatic rings. The topological polar surface area (TPSA) is 45.7 Å². The van der Waals surface area contributed by atoms with Gasteiger partial charge in [-0.2, -0.15) is 0 Å². The van der Waals surface area contributed by atoms with E-state index in [4.69, 9.17) is 4.74 Å². The first kappa shape index (κ1) is 15.7. The van der Waals surface area contributed by atoms with E-state index < -0.39 is 0 Å². The summed E-state index contributed by atoms with van der Waals surface area (Å²) in [5.41, 5.74) is 0.930. The quantitative estimate of drug-likeness (QED) is 0.618. The Kier molecular flexibility index (Phi) is 4.07. The SMILES string of the molecule is CCC1(CNC(=NC)NC2C3CCOC3C23CCC3)CCCC1. The van der Waals surface area contributed by atoms with Gasteiger partial charge in [0, 0.05) is 37.6 Å². The number of nitrogens with one attached hydrogen (secondary N) is 2. The Morgan fingerprint density at radius 2 is 1.96 bits per heavy atom. The second-order valence-corrected chi connectivity index (χ2v) is 8.44. The van der Waals surface area contributed by atoms with Crippen molar-refractivity contribution in [2.24, 2.45) is 21.7 Å². The lowest BCUT2D eigenvalue weighted by Crippen LogP contribution is -2.72. The fraction of sp³-hybridized carbons (Fsp3) is 0.947. The Bertz CT molecular complexity index is 465. The number of hydrogen-bond acceptors (Lipinski definition) is 2. The second kappa shape index (κ2) is 5.94. The van der Waals surface area contributed by atoms with Crippen LogP contribution in [0, 0.1) is 16.7 Å². The summed E-state index contributed by atoms with van der Waals surface area (Å²) in [6, 6.07) is 0.580. The van der Waals surface area contributed by atoms with Crippen molar-refractivity contribution in [3.8, 4) is 0 Å². The van der Waals surface area contributed by atoms with Gasteiger partial charge in [-0.3, -0.25) is 4.99 Å². The Labute approximate surface area is 140 Å². The molecule has 23 heavy (non-hydrogen) atoms. The lowest BCUT2D eigenvalue weighted by molar-refractivity contribution is -0.171. The van der Waals surface area contributed by atoms with Crippen LogP contribution in [0.1, 0.15) is 64.7 Å². The van der Waals surface area contributed by atoms with Crippen molar-refractivity contribution in [3.05, 3.63) is 0 Å². The number of fused-ring (bicyclic) bond motifs is 2. The van der Waals surface area contributed by atoms with Crippen LogP contribution in [0.3, 0.4) is 0 Å². The minimum absolute atomic E-state index is 0.425. The Balaban J connectivity index is 1.37. The third-order valence-electron chi connectivity index (χ3n) is 7.60. The van der Waals surface area contributed by atoms with Crippen LogP contribution in [0.4, 0.5) is 0 Å². The zero-order chi connectivity index (χ0) is 15.9. The minimum atomic E-state index is 0.425. The third kappa shape index (κ3) is 2.40. The fourth-order valence-electron chi connectivity index (χ4n) is 5.85.